The van der Waals surface area contributed by atoms with E-state index in [1.807, 2.05) is 0 Å². The van der Waals surface area contributed by atoms with Crippen molar-refractivity contribution in [3.8, 4) is 0 Å². The van der Waals surface area contributed by atoms with Gasteiger partial charge in [0.15, 0.2) is 0 Å². The van der Waals surface area contributed by atoms with Gasteiger partial charge < -0.3 is 10.2 Å². The monoisotopic (exact) mass is 615 g/mol. The number of hydrogen-bond acceptors (Lipinski definition) is 4. The van der Waals surface area contributed by atoms with Crippen LogP contribution in [0.3, 0.4) is 0 Å². The number of carbonyl (C=O) groups is 2. The lowest BCUT2D eigenvalue weighted by Crippen LogP contribution is -2.51. The summed E-state index contributed by atoms with van der Waals surface area (Å²) in [5.41, 5.74) is 0.469. The van der Waals surface area contributed by atoms with Gasteiger partial charge in [-0.15, -0.1) is 0 Å². The van der Waals surface area contributed by atoms with Crippen LogP contribution in [0.5, 0.6) is 0 Å². The van der Waals surface area contributed by atoms with E-state index in [2.05, 4.69) is 5.32 Å². The van der Waals surface area contributed by atoms with Crippen molar-refractivity contribution >= 4 is 73.9 Å². The van der Waals surface area contributed by atoms with Crippen LogP contribution in [0.4, 0.5) is 5.69 Å². The van der Waals surface area contributed by atoms with Crippen LogP contribution in [-0.4, -0.2) is 44.3 Å². The Balaban J connectivity index is 2.09. The van der Waals surface area contributed by atoms with E-state index in [4.69, 9.17) is 46.4 Å². The molecule has 1 unspecified atom stereocenters. The number of carbonyl (C=O) groups excluding carboxylic acids is 2. The first-order chi connectivity index (χ1) is 18.0. The summed E-state index contributed by atoms with van der Waals surface area (Å²) in [7, 11) is -4.26. The maximum absolute atomic E-state index is 13.8. The largest absolute Gasteiger partial charge is 0.355 e. The second kappa shape index (κ2) is 13.0. The molecule has 3 aromatic carbocycles. The summed E-state index contributed by atoms with van der Waals surface area (Å²) in [4.78, 5) is 27.8. The molecule has 0 fully saturated rings. The van der Waals surface area contributed by atoms with Crippen molar-refractivity contribution in [2.45, 2.75) is 31.3 Å². The standard InChI is InChI=1S/C26H25Cl4N3O4S/c1-3-31-26(35)17(2)32(15-20-21(28)10-7-11-22(20)29)25(34)16-33(24-13-12-18(27)14-23(24)30)38(36,37)19-8-5-4-6-9-19/h4-14,17H,3,15-16H2,1-2H3,(H,31,35). The second-order valence-corrected chi connectivity index (χ2v) is 11.7. The molecule has 7 nitrogen and oxygen atoms in total. The Bertz CT molecular complexity index is 1400. The van der Waals surface area contributed by atoms with Gasteiger partial charge in [0.05, 0.1) is 15.6 Å². The molecule has 1 atom stereocenters. The molecule has 0 saturated heterocycles. The number of benzene rings is 3. The number of amides is 2. The average Bonchev–Trinajstić information content (AvgIpc) is 2.87. The molecule has 0 radical (unpaired) electrons. The molecule has 2 amide bonds. The highest BCUT2D eigenvalue weighted by molar-refractivity contribution is 7.92. The first-order valence-corrected chi connectivity index (χ1v) is 14.5. The zero-order chi connectivity index (χ0) is 28.0. The Morgan fingerprint density at radius 1 is 0.895 bits per heavy atom. The molecule has 0 aliphatic rings. The molecule has 0 saturated carbocycles. The summed E-state index contributed by atoms with van der Waals surface area (Å²) >= 11 is 25.1. The molecule has 1 N–H and O–H groups in total. The van der Waals surface area contributed by atoms with Crippen LogP contribution >= 0.6 is 46.4 Å². The van der Waals surface area contributed by atoms with Gasteiger partial charge in [-0.3, -0.25) is 13.9 Å². The van der Waals surface area contributed by atoms with Crippen molar-refractivity contribution in [3.63, 3.8) is 0 Å². The molecule has 12 heteroatoms. The van der Waals surface area contributed by atoms with Gasteiger partial charge in [-0.25, -0.2) is 8.42 Å². The number of hydrogen-bond donors (Lipinski definition) is 1. The Morgan fingerprint density at radius 3 is 2.11 bits per heavy atom. The topological polar surface area (TPSA) is 86.8 Å². The van der Waals surface area contributed by atoms with Gasteiger partial charge in [0.2, 0.25) is 11.8 Å². The van der Waals surface area contributed by atoms with Crippen LogP contribution in [0.25, 0.3) is 0 Å². The smallest absolute Gasteiger partial charge is 0.264 e. The minimum Gasteiger partial charge on any atom is -0.355 e. The van der Waals surface area contributed by atoms with Crippen LogP contribution in [0.15, 0.2) is 71.6 Å². The number of rotatable bonds is 10. The van der Waals surface area contributed by atoms with Crippen molar-refractivity contribution in [2.24, 2.45) is 0 Å². The fourth-order valence-corrected chi connectivity index (χ4v) is 6.21. The Hall–Kier alpha value is -2.49. The van der Waals surface area contributed by atoms with E-state index in [1.165, 1.54) is 35.2 Å². The fraction of sp³-hybridized carbons (Fsp3) is 0.231. The zero-order valence-corrected chi connectivity index (χ0v) is 24.3. The molecule has 3 aromatic rings. The molecular weight excluding hydrogens is 592 g/mol. The van der Waals surface area contributed by atoms with Gasteiger partial charge in [-0.1, -0.05) is 70.7 Å². The lowest BCUT2D eigenvalue weighted by Gasteiger charge is -2.32. The van der Waals surface area contributed by atoms with E-state index < -0.39 is 34.4 Å². The van der Waals surface area contributed by atoms with Crippen molar-refractivity contribution in [1.82, 2.24) is 10.2 Å². The summed E-state index contributed by atoms with van der Waals surface area (Å²) in [6.07, 6.45) is 0. The average molecular weight is 617 g/mol. The van der Waals surface area contributed by atoms with Crippen molar-refractivity contribution in [1.29, 1.82) is 0 Å². The summed E-state index contributed by atoms with van der Waals surface area (Å²) in [5, 5.41) is 3.61. The van der Waals surface area contributed by atoms with Crippen LogP contribution < -0.4 is 9.62 Å². The highest BCUT2D eigenvalue weighted by Crippen LogP contribution is 2.33. The van der Waals surface area contributed by atoms with Crippen LogP contribution in [-0.2, 0) is 26.2 Å². The molecule has 0 aromatic heterocycles. The van der Waals surface area contributed by atoms with Crippen molar-refractivity contribution in [3.05, 3.63) is 92.4 Å². The maximum Gasteiger partial charge on any atom is 0.264 e. The van der Waals surface area contributed by atoms with E-state index >= 15 is 0 Å². The van der Waals surface area contributed by atoms with E-state index in [0.29, 0.717) is 27.2 Å². The van der Waals surface area contributed by atoms with Crippen molar-refractivity contribution < 1.29 is 18.0 Å². The predicted octanol–water partition coefficient (Wildman–Crippen LogP) is 6.05. The van der Waals surface area contributed by atoms with Gasteiger partial charge in [0.1, 0.15) is 12.6 Å². The summed E-state index contributed by atoms with van der Waals surface area (Å²) < 4.78 is 28.4. The lowest BCUT2D eigenvalue weighted by atomic mass is 10.1. The third-order valence-electron chi connectivity index (χ3n) is 5.70. The first kappa shape index (κ1) is 30.1. The third-order valence-corrected chi connectivity index (χ3v) is 8.72. The number of sulfonamides is 1. The summed E-state index contributed by atoms with van der Waals surface area (Å²) in [6, 6.07) is 15.8. The van der Waals surface area contributed by atoms with E-state index in [1.54, 1.807) is 50.2 Å². The molecule has 0 aliphatic carbocycles. The Labute approximate surface area is 242 Å². The molecular formula is C26H25Cl4N3O4S. The van der Waals surface area contributed by atoms with Gasteiger partial charge in [0, 0.05) is 33.7 Å². The third kappa shape index (κ3) is 6.93. The Morgan fingerprint density at radius 2 is 1.53 bits per heavy atom. The first-order valence-electron chi connectivity index (χ1n) is 11.5. The number of anilines is 1. The zero-order valence-electron chi connectivity index (χ0n) is 20.5. The van der Waals surface area contributed by atoms with Crippen LogP contribution in [0.1, 0.15) is 19.4 Å². The highest BCUT2D eigenvalue weighted by Gasteiger charge is 2.33. The van der Waals surface area contributed by atoms with Gasteiger partial charge >= 0.3 is 0 Å². The van der Waals surface area contributed by atoms with Crippen LogP contribution in [0.2, 0.25) is 20.1 Å². The van der Waals surface area contributed by atoms with E-state index in [9.17, 15) is 18.0 Å². The van der Waals surface area contributed by atoms with E-state index in [-0.39, 0.29) is 22.2 Å². The lowest BCUT2D eigenvalue weighted by molar-refractivity contribution is -0.139. The Kier molecular flexibility index (Phi) is 10.3. The van der Waals surface area contributed by atoms with Gasteiger partial charge in [-0.05, 0) is 56.3 Å². The molecule has 0 spiro atoms. The molecule has 38 heavy (non-hydrogen) atoms. The molecule has 0 bridgehead atoms. The van der Waals surface area contributed by atoms with Gasteiger partial charge in [0.25, 0.3) is 10.0 Å². The molecule has 0 heterocycles. The minimum atomic E-state index is -4.26. The maximum atomic E-state index is 13.8. The number of nitrogens with zero attached hydrogens (tertiary/aromatic N) is 2. The van der Waals surface area contributed by atoms with Gasteiger partial charge in [-0.2, -0.15) is 0 Å². The fourth-order valence-electron chi connectivity index (χ4n) is 3.67. The summed E-state index contributed by atoms with van der Waals surface area (Å²) in [5.74, 6) is -1.10. The van der Waals surface area contributed by atoms with E-state index in [0.717, 1.165) is 4.31 Å². The number of halogens is 4. The number of nitrogens with one attached hydrogen (secondary N) is 1. The van der Waals surface area contributed by atoms with Crippen LogP contribution in [0, 0.1) is 0 Å². The predicted molar refractivity (Wildman–Crippen MR) is 153 cm³/mol. The minimum absolute atomic E-state index is 0.0299. The molecule has 202 valence electrons. The highest BCUT2D eigenvalue weighted by atomic mass is 35.5. The quantitative estimate of drug-likeness (QED) is 0.300. The second-order valence-electron chi connectivity index (χ2n) is 8.21. The normalized spacial score (nSPS) is 12.1. The number of likely N-dealkylation sites (N-methyl/N-ethyl adjacent to an activating group) is 1. The molecule has 3 rings (SSSR count). The summed E-state index contributed by atoms with van der Waals surface area (Å²) in [6.45, 7) is 2.83. The SMILES string of the molecule is CCNC(=O)C(C)N(Cc1c(Cl)cccc1Cl)C(=O)CN(c1ccc(Cl)cc1Cl)S(=O)(=O)c1ccccc1. The van der Waals surface area contributed by atoms with Crippen molar-refractivity contribution in [2.75, 3.05) is 17.4 Å². The molecule has 0 aliphatic heterocycles.